The molecule has 0 aromatic carbocycles. The topological polar surface area (TPSA) is 50.7 Å². The summed E-state index contributed by atoms with van der Waals surface area (Å²) < 4.78 is 0.961. The summed E-state index contributed by atoms with van der Waals surface area (Å²) >= 11 is 3.21. The summed E-state index contributed by atoms with van der Waals surface area (Å²) in [5.74, 6) is 0. The molecule has 0 aliphatic heterocycles. The lowest BCUT2D eigenvalue weighted by molar-refractivity contribution is 0.561. The highest BCUT2D eigenvalue weighted by molar-refractivity contribution is 8.01. The van der Waals surface area contributed by atoms with E-state index in [1.165, 1.54) is 0 Å². The van der Waals surface area contributed by atoms with E-state index in [1.54, 1.807) is 23.1 Å². The van der Waals surface area contributed by atoms with E-state index in [0.29, 0.717) is 6.04 Å². The van der Waals surface area contributed by atoms with Crippen LogP contribution in [-0.2, 0) is 0 Å². The van der Waals surface area contributed by atoms with Crippen molar-refractivity contribution in [2.24, 2.45) is 0 Å². The summed E-state index contributed by atoms with van der Waals surface area (Å²) in [6.45, 7) is 4.11. The molecular formula is C12H16N4S2. The van der Waals surface area contributed by atoms with Crippen LogP contribution in [0.25, 0.3) is 0 Å². The molecule has 0 spiro atoms. The summed E-state index contributed by atoms with van der Waals surface area (Å²) in [4.78, 5) is 5.59. The van der Waals surface area contributed by atoms with Gasteiger partial charge in [-0.05, 0) is 32.5 Å². The van der Waals surface area contributed by atoms with E-state index in [4.69, 9.17) is 0 Å². The Morgan fingerprint density at radius 2 is 2.22 bits per heavy atom. The Labute approximate surface area is 115 Å². The average Bonchev–Trinajstić information content (AvgIpc) is 2.78. The quantitative estimate of drug-likeness (QED) is 0.912. The number of nitrogens with zero attached hydrogens (tertiary/aromatic N) is 3. The number of nitrogens with one attached hydrogen (secondary N) is 1. The van der Waals surface area contributed by atoms with Crippen LogP contribution in [0.2, 0.25) is 0 Å². The maximum atomic E-state index is 4.50. The van der Waals surface area contributed by atoms with E-state index in [2.05, 4.69) is 39.6 Å². The third-order valence-corrected chi connectivity index (χ3v) is 4.45. The van der Waals surface area contributed by atoms with Crippen molar-refractivity contribution in [2.75, 3.05) is 7.05 Å². The van der Waals surface area contributed by atoms with Gasteiger partial charge in [-0.2, -0.15) is 0 Å². The monoisotopic (exact) mass is 280 g/mol. The second-order valence-corrected chi connectivity index (χ2v) is 6.36. The Morgan fingerprint density at radius 1 is 1.39 bits per heavy atom. The minimum atomic E-state index is 0.327. The van der Waals surface area contributed by atoms with Crippen LogP contribution in [0, 0.1) is 6.92 Å². The van der Waals surface area contributed by atoms with Crippen molar-refractivity contribution >= 4 is 23.1 Å². The highest BCUT2D eigenvalue weighted by Crippen LogP contribution is 2.29. The third kappa shape index (κ3) is 3.28. The van der Waals surface area contributed by atoms with Crippen LogP contribution in [0.5, 0.6) is 0 Å². The number of hydrogen-bond donors (Lipinski definition) is 1. The van der Waals surface area contributed by atoms with Crippen molar-refractivity contribution in [1.29, 1.82) is 0 Å². The first kappa shape index (κ1) is 13.5. The zero-order chi connectivity index (χ0) is 13.0. The third-order valence-electron chi connectivity index (χ3n) is 2.59. The fourth-order valence-corrected chi connectivity index (χ4v) is 3.40. The minimum absolute atomic E-state index is 0.327. The number of aromatic nitrogens is 3. The molecule has 0 fully saturated rings. The highest BCUT2D eigenvalue weighted by Gasteiger charge is 2.08. The van der Waals surface area contributed by atoms with Crippen LogP contribution in [0.4, 0.5) is 0 Å². The van der Waals surface area contributed by atoms with Gasteiger partial charge in [0.05, 0.1) is 5.69 Å². The van der Waals surface area contributed by atoms with Gasteiger partial charge in [0.25, 0.3) is 0 Å². The van der Waals surface area contributed by atoms with Crippen LogP contribution in [0.1, 0.15) is 30.1 Å². The van der Waals surface area contributed by atoms with Gasteiger partial charge in [-0.3, -0.25) is 4.98 Å². The summed E-state index contributed by atoms with van der Waals surface area (Å²) in [6.07, 6.45) is 2.93. The molecule has 1 atom stereocenters. The Hall–Kier alpha value is -0.980. The summed E-state index contributed by atoms with van der Waals surface area (Å²) in [5, 5.41) is 12.3. The van der Waals surface area contributed by atoms with Crippen LogP contribution >= 0.6 is 23.1 Å². The highest BCUT2D eigenvalue weighted by atomic mass is 32.2. The summed E-state index contributed by atoms with van der Waals surface area (Å²) in [7, 11) is 1.96. The molecule has 0 saturated heterocycles. The van der Waals surface area contributed by atoms with Crippen molar-refractivity contribution < 1.29 is 0 Å². The lowest BCUT2D eigenvalue weighted by Crippen LogP contribution is -2.16. The maximum Gasteiger partial charge on any atom is 0.179 e. The largest absolute Gasteiger partial charge is 0.312 e. The van der Waals surface area contributed by atoms with Crippen LogP contribution in [0.3, 0.4) is 0 Å². The smallest absolute Gasteiger partial charge is 0.179 e. The number of rotatable bonds is 5. The van der Waals surface area contributed by atoms with Crippen molar-refractivity contribution in [3.63, 3.8) is 0 Å². The molecule has 4 nitrogen and oxygen atoms in total. The van der Waals surface area contributed by atoms with E-state index in [1.807, 2.05) is 20.2 Å². The Morgan fingerprint density at radius 3 is 2.72 bits per heavy atom. The van der Waals surface area contributed by atoms with Gasteiger partial charge in [-0.1, -0.05) is 30.0 Å². The number of hydrogen-bond acceptors (Lipinski definition) is 6. The molecule has 0 saturated carbocycles. The molecule has 0 bridgehead atoms. The van der Waals surface area contributed by atoms with E-state index in [9.17, 15) is 0 Å². The molecule has 2 heterocycles. The van der Waals surface area contributed by atoms with Crippen LogP contribution in [0.15, 0.2) is 27.6 Å². The first-order valence-electron chi connectivity index (χ1n) is 5.84. The molecule has 0 aliphatic carbocycles. The number of pyridine rings is 1. The minimum Gasteiger partial charge on any atom is -0.312 e. The maximum absolute atomic E-state index is 4.50. The van der Waals surface area contributed by atoms with Gasteiger partial charge in [0.2, 0.25) is 0 Å². The van der Waals surface area contributed by atoms with E-state index < -0.39 is 0 Å². The Bertz CT molecular complexity index is 491. The normalized spacial score (nSPS) is 12.6. The van der Waals surface area contributed by atoms with Crippen molar-refractivity contribution in [2.45, 2.75) is 35.5 Å². The molecule has 2 aromatic rings. The molecule has 1 N–H and O–H groups in total. The van der Waals surface area contributed by atoms with Gasteiger partial charge in [-0.15, -0.1) is 10.2 Å². The van der Waals surface area contributed by atoms with Crippen molar-refractivity contribution in [1.82, 2.24) is 20.5 Å². The zero-order valence-electron chi connectivity index (χ0n) is 10.7. The lowest BCUT2D eigenvalue weighted by Gasteiger charge is -2.12. The molecular weight excluding hydrogens is 264 g/mol. The van der Waals surface area contributed by atoms with Crippen LogP contribution < -0.4 is 5.32 Å². The SMILES string of the molecule is CCC(NC)c1ccc(Sc2nnc(C)s2)cn1. The second kappa shape index (κ2) is 6.26. The molecule has 96 valence electrons. The fraction of sp³-hybridized carbons (Fsp3) is 0.417. The molecule has 1 unspecified atom stereocenters. The van der Waals surface area contributed by atoms with Gasteiger partial charge in [0, 0.05) is 17.1 Å². The van der Waals surface area contributed by atoms with Gasteiger partial charge in [0.1, 0.15) is 5.01 Å². The molecule has 2 aromatic heterocycles. The first-order chi connectivity index (χ1) is 8.72. The molecule has 0 amide bonds. The van der Waals surface area contributed by atoms with Gasteiger partial charge in [-0.25, -0.2) is 0 Å². The Kier molecular flexibility index (Phi) is 4.68. The van der Waals surface area contributed by atoms with Crippen LogP contribution in [-0.4, -0.2) is 22.2 Å². The first-order valence-corrected chi connectivity index (χ1v) is 7.47. The fourth-order valence-electron chi connectivity index (χ4n) is 1.64. The lowest BCUT2D eigenvalue weighted by atomic mass is 10.1. The molecule has 2 rings (SSSR count). The van der Waals surface area contributed by atoms with Gasteiger partial charge < -0.3 is 5.32 Å². The van der Waals surface area contributed by atoms with Gasteiger partial charge >= 0.3 is 0 Å². The molecule has 18 heavy (non-hydrogen) atoms. The number of aryl methyl sites for hydroxylation is 1. The summed E-state index contributed by atoms with van der Waals surface area (Å²) in [5.41, 5.74) is 1.08. The van der Waals surface area contributed by atoms with E-state index >= 15 is 0 Å². The standard InChI is InChI=1S/C12H16N4S2/c1-4-10(13-3)11-6-5-9(7-14-11)18-12-16-15-8(2)17-12/h5-7,10,13H,4H2,1-3H3. The predicted octanol–water partition coefficient (Wildman–Crippen LogP) is 3.06. The second-order valence-electron chi connectivity index (χ2n) is 3.86. The Balaban J connectivity index is 2.07. The van der Waals surface area contributed by atoms with E-state index in [-0.39, 0.29) is 0 Å². The van der Waals surface area contributed by atoms with Gasteiger partial charge in [0.15, 0.2) is 4.34 Å². The summed E-state index contributed by atoms with van der Waals surface area (Å²) in [6, 6.07) is 4.48. The van der Waals surface area contributed by atoms with Crippen molar-refractivity contribution in [3.05, 3.63) is 29.0 Å². The molecule has 0 aliphatic rings. The average molecular weight is 280 g/mol. The predicted molar refractivity (Wildman–Crippen MR) is 75.1 cm³/mol. The zero-order valence-corrected chi connectivity index (χ0v) is 12.3. The van der Waals surface area contributed by atoms with E-state index in [0.717, 1.165) is 26.4 Å². The van der Waals surface area contributed by atoms with Crippen molar-refractivity contribution in [3.8, 4) is 0 Å². The molecule has 6 heteroatoms. The molecule has 0 radical (unpaired) electrons.